The Kier molecular flexibility index (Phi) is 4.59. The van der Waals surface area contributed by atoms with Gasteiger partial charge in [0.15, 0.2) is 5.78 Å². The highest BCUT2D eigenvalue weighted by Crippen LogP contribution is 2.08. The molecule has 0 radical (unpaired) electrons. The molecule has 14 heavy (non-hydrogen) atoms. The predicted octanol–water partition coefficient (Wildman–Crippen LogP) is 0.957. The highest BCUT2D eigenvalue weighted by Gasteiger charge is 1.97. The van der Waals surface area contributed by atoms with Crippen molar-refractivity contribution in [2.75, 3.05) is 13.1 Å². The van der Waals surface area contributed by atoms with Gasteiger partial charge in [-0.25, -0.2) is 0 Å². The maximum Gasteiger partial charge on any atom is 0.160 e. The molecule has 0 aromatic heterocycles. The van der Waals surface area contributed by atoms with Crippen LogP contribution in [0.1, 0.15) is 5.56 Å². The van der Waals surface area contributed by atoms with Gasteiger partial charge in [-0.1, -0.05) is 23.7 Å². The molecule has 3 N–H and O–H groups in total. The molecule has 0 fully saturated rings. The van der Waals surface area contributed by atoms with Gasteiger partial charge in [0.25, 0.3) is 0 Å². The van der Waals surface area contributed by atoms with Gasteiger partial charge in [-0.3, -0.25) is 4.79 Å². The molecule has 0 heterocycles. The van der Waals surface area contributed by atoms with Crippen molar-refractivity contribution in [3.63, 3.8) is 0 Å². The minimum Gasteiger partial charge on any atom is -0.324 e. The van der Waals surface area contributed by atoms with E-state index in [0.29, 0.717) is 18.1 Å². The van der Waals surface area contributed by atoms with Crippen LogP contribution in [0.25, 0.3) is 0 Å². The Morgan fingerprint density at radius 1 is 1.36 bits per heavy atom. The maximum absolute atomic E-state index is 10.8. The molecule has 0 amide bonds. The Balaban J connectivity index is 2.31. The van der Waals surface area contributed by atoms with E-state index in [1.54, 1.807) is 0 Å². The molecule has 0 spiro atoms. The average molecular weight is 213 g/mol. The quantitative estimate of drug-likeness (QED) is 0.765. The number of halogens is 1. The molecule has 1 aromatic carbocycles. The first-order chi connectivity index (χ1) is 6.72. The van der Waals surface area contributed by atoms with Crippen LogP contribution in [-0.2, 0) is 11.3 Å². The zero-order valence-electron chi connectivity index (χ0n) is 7.79. The van der Waals surface area contributed by atoms with Crippen molar-refractivity contribution in [1.29, 1.82) is 0 Å². The van der Waals surface area contributed by atoms with Crippen molar-refractivity contribution in [2.24, 2.45) is 5.73 Å². The number of nitrogens with one attached hydrogen (secondary N) is 1. The van der Waals surface area contributed by atoms with Crippen LogP contribution in [0, 0.1) is 0 Å². The second-order valence-corrected chi connectivity index (χ2v) is 3.41. The van der Waals surface area contributed by atoms with Gasteiger partial charge in [-0.15, -0.1) is 0 Å². The van der Waals surface area contributed by atoms with Gasteiger partial charge in [-0.2, -0.15) is 0 Å². The lowest BCUT2D eigenvalue weighted by Crippen LogP contribution is -2.27. The van der Waals surface area contributed by atoms with E-state index in [-0.39, 0.29) is 12.3 Å². The van der Waals surface area contributed by atoms with E-state index in [9.17, 15) is 4.79 Å². The second kappa shape index (κ2) is 5.75. The SMILES string of the molecule is NCC(=O)CNCc1ccc(Cl)cc1. The largest absolute Gasteiger partial charge is 0.324 e. The number of Topliss-reactive ketones (excluding diaryl/α,β-unsaturated/α-hetero) is 1. The molecule has 0 aliphatic carbocycles. The van der Waals surface area contributed by atoms with E-state index in [1.165, 1.54) is 0 Å². The summed E-state index contributed by atoms with van der Waals surface area (Å²) in [6, 6.07) is 7.48. The fraction of sp³-hybridized carbons (Fsp3) is 0.300. The molecule has 0 bridgehead atoms. The smallest absolute Gasteiger partial charge is 0.160 e. The van der Waals surface area contributed by atoms with Crippen molar-refractivity contribution < 1.29 is 4.79 Å². The second-order valence-electron chi connectivity index (χ2n) is 2.97. The number of carbonyl (C=O) groups excluding carboxylic acids is 1. The molecule has 0 unspecified atom stereocenters. The van der Waals surface area contributed by atoms with Gasteiger partial charge in [0.05, 0.1) is 13.1 Å². The summed E-state index contributed by atoms with van der Waals surface area (Å²) in [5.41, 5.74) is 6.26. The monoisotopic (exact) mass is 212 g/mol. The van der Waals surface area contributed by atoms with E-state index in [0.717, 1.165) is 5.56 Å². The molecular weight excluding hydrogens is 200 g/mol. The van der Waals surface area contributed by atoms with Crippen LogP contribution in [0.15, 0.2) is 24.3 Å². The van der Waals surface area contributed by atoms with Crippen LogP contribution < -0.4 is 11.1 Å². The van der Waals surface area contributed by atoms with Gasteiger partial charge < -0.3 is 11.1 Å². The highest BCUT2D eigenvalue weighted by molar-refractivity contribution is 6.30. The molecule has 0 atom stereocenters. The molecule has 0 saturated heterocycles. The minimum atomic E-state index is 0.0129. The van der Waals surface area contributed by atoms with E-state index in [1.807, 2.05) is 24.3 Å². The zero-order chi connectivity index (χ0) is 10.4. The van der Waals surface area contributed by atoms with Crippen LogP contribution in [0.5, 0.6) is 0 Å². The molecular formula is C10H13ClN2O. The van der Waals surface area contributed by atoms with E-state index in [2.05, 4.69) is 5.32 Å². The first-order valence-corrected chi connectivity index (χ1v) is 4.77. The summed E-state index contributed by atoms with van der Waals surface area (Å²) in [5, 5.41) is 3.71. The van der Waals surface area contributed by atoms with Crippen molar-refractivity contribution in [3.05, 3.63) is 34.9 Å². The molecule has 0 aliphatic rings. The third kappa shape index (κ3) is 3.87. The molecule has 3 nitrogen and oxygen atoms in total. The summed E-state index contributed by atoms with van der Waals surface area (Å²) >= 11 is 5.73. The number of nitrogens with two attached hydrogens (primary N) is 1. The average Bonchev–Trinajstić information content (AvgIpc) is 2.21. The van der Waals surface area contributed by atoms with Crippen molar-refractivity contribution in [2.45, 2.75) is 6.54 Å². The van der Waals surface area contributed by atoms with Crippen molar-refractivity contribution >= 4 is 17.4 Å². The third-order valence-corrected chi connectivity index (χ3v) is 2.04. The summed E-state index contributed by atoms with van der Waals surface area (Å²) in [6.45, 7) is 1.07. The number of benzene rings is 1. The Labute approximate surface area is 88.2 Å². The topological polar surface area (TPSA) is 55.1 Å². The Bertz CT molecular complexity index is 297. The number of hydrogen-bond acceptors (Lipinski definition) is 3. The first kappa shape index (κ1) is 11.2. The van der Waals surface area contributed by atoms with Gasteiger partial charge in [0.1, 0.15) is 0 Å². The fourth-order valence-electron chi connectivity index (χ4n) is 1.02. The lowest BCUT2D eigenvalue weighted by Gasteiger charge is -2.03. The van der Waals surface area contributed by atoms with Crippen LogP contribution in [-0.4, -0.2) is 18.9 Å². The van der Waals surface area contributed by atoms with Crippen LogP contribution >= 0.6 is 11.6 Å². The summed E-state index contributed by atoms with van der Waals surface area (Å²) in [5.74, 6) is 0.0129. The Morgan fingerprint density at radius 2 is 2.00 bits per heavy atom. The minimum absolute atomic E-state index is 0.0129. The summed E-state index contributed by atoms with van der Waals surface area (Å²) in [6.07, 6.45) is 0. The van der Waals surface area contributed by atoms with Crippen LogP contribution in [0.4, 0.5) is 0 Å². The zero-order valence-corrected chi connectivity index (χ0v) is 8.55. The lowest BCUT2D eigenvalue weighted by atomic mass is 10.2. The number of carbonyl (C=O) groups is 1. The maximum atomic E-state index is 10.8. The summed E-state index contributed by atoms with van der Waals surface area (Å²) in [7, 11) is 0. The van der Waals surface area contributed by atoms with Crippen molar-refractivity contribution in [3.8, 4) is 0 Å². The predicted molar refractivity (Wildman–Crippen MR) is 57.2 cm³/mol. The molecule has 1 rings (SSSR count). The first-order valence-electron chi connectivity index (χ1n) is 4.39. The Hall–Kier alpha value is -0.900. The van der Waals surface area contributed by atoms with Gasteiger partial charge >= 0.3 is 0 Å². The third-order valence-electron chi connectivity index (χ3n) is 1.79. The fourth-order valence-corrected chi connectivity index (χ4v) is 1.15. The van der Waals surface area contributed by atoms with Crippen molar-refractivity contribution in [1.82, 2.24) is 5.32 Å². The number of hydrogen-bond donors (Lipinski definition) is 2. The summed E-state index contributed by atoms with van der Waals surface area (Å²) in [4.78, 5) is 10.8. The molecule has 1 aromatic rings. The molecule has 76 valence electrons. The Morgan fingerprint density at radius 3 is 2.57 bits per heavy atom. The van der Waals surface area contributed by atoms with E-state index < -0.39 is 0 Å². The van der Waals surface area contributed by atoms with Crippen LogP contribution in [0.3, 0.4) is 0 Å². The standard InChI is InChI=1S/C10H13ClN2O/c11-9-3-1-8(2-4-9)6-13-7-10(14)5-12/h1-4,13H,5-7,12H2. The van der Waals surface area contributed by atoms with Gasteiger partial charge in [-0.05, 0) is 17.7 Å². The summed E-state index contributed by atoms with van der Waals surface area (Å²) < 4.78 is 0. The normalized spacial score (nSPS) is 10.1. The lowest BCUT2D eigenvalue weighted by molar-refractivity contribution is -0.116. The molecule has 4 heteroatoms. The number of ketones is 1. The molecule has 0 aliphatic heterocycles. The van der Waals surface area contributed by atoms with Gasteiger partial charge in [0, 0.05) is 11.6 Å². The van der Waals surface area contributed by atoms with Crippen LogP contribution in [0.2, 0.25) is 5.02 Å². The van der Waals surface area contributed by atoms with Gasteiger partial charge in [0.2, 0.25) is 0 Å². The van der Waals surface area contributed by atoms with E-state index in [4.69, 9.17) is 17.3 Å². The molecule has 0 saturated carbocycles. The van der Waals surface area contributed by atoms with E-state index >= 15 is 0 Å². The highest BCUT2D eigenvalue weighted by atomic mass is 35.5. The number of rotatable bonds is 5.